The number of H-pyrrole nitrogens is 1. The summed E-state index contributed by atoms with van der Waals surface area (Å²) < 4.78 is 12.8. The van der Waals surface area contributed by atoms with Crippen LogP contribution < -0.4 is 52.0 Å². The maximum Gasteiger partial charge on any atom is 0.321 e. The van der Waals surface area contributed by atoms with Crippen molar-refractivity contribution in [1.82, 2.24) is 78.0 Å². The molecule has 12 atom stereocenters. The number of carbonyl (C=O) groups is 8. The Labute approximate surface area is 655 Å². The van der Waals surface area contributed by atoms with Crippen LogP contribution in [0.1, 0.15) is 141 Å². The van der Waals surface area contributed by atoms with Gasteiger partial charge in [0, 0.05) is 63.3 Å². The predicted molar refractivity (Wildman–Crippen MR) is 428 cm³/mol. The second-order valence-corrected chi connectivity index (χ2v) is 32.5. The molecule has 8 heterocycles. The van der Waals surface area contributed by atoms with Crippen LogP contribution in [0.4, 0.5) is 0 Å². The molecule has 596 valence electrons. The van der Waals surface area contributed by atoms with Crippen LogP contribution in [-0.2, 0) is 64.0 Å². The van der Waals surface area contributed by atoms with Crippen LogP contribution in [0.5, 0.6) is 11.5 Å². The number of hydrogen-bond acceptors (Lipinski definition) is 18. The number of tetrazole rings is 1. The van der Waals surface area contributed by atoms with Gasteiger partial charge in [0.25, 0.3) is 0 Å². The van der Waals surface area contributed by atoms with Crippen molar-refractivity contribution in [2.45, 2.75) is 199 Å². The van der Waals surface area contributed by atoms with E-state index >= 15 is 24.0 Å². The van der Waals surface area contributed by atoms with Gasteiger partial charge in [0.1, 0.15) is 54.4 Å². The van der Waals surface area contributed by atoms with E-state index in [1.807, 2.05) is 175 Å². The Morgan fingerprint density at radius 1 is 0.634 bits per heavy atom. The number of hydrogen-bond donors (Lipinski definition) is 10. The number of likely N-dealkylation sites (N-methyl/N-ethyl adjacent to an activating group) is 2. The first-order valence-corrected chi connectivity index (χ1v) is 39.2. The van der Waals surface area contributed by atoms with Crippen molar-refractivity contribution in [2.75, 3.05) is 46.9 Å². The van der Waals surface area contributed by atoms with E-state index in [2.05, 4.69) is 69.2 Å². The number of rotatable bonds is 15. The van der Waals surface area contributed by atoms with Crippen LogP contribution in [0.2, 0.25) is 0 Å². The number of carbonyl (C=O) groups excluding carboxylic acids is 7. The third kappa shape index (κ3) is 21.3. The van der Waals surface area contributed by atoms with Gasteiger partial charge in [-0.25, -0.2) is 0 Å². The summed E-state index contributed by atoms with van der Waals surface area (Å²) in [4.78, 5) is 121. The molecular weight excluding hydrogens is 1420 g/mol. The van der Waals surface area contributed by atoms with Crippen LogP contribution >= 0.6 is 0 Å². The van der Waals surface area contributed by atoms with E-state index in [1.165, 1.54) is 0 Å². The van der Waals surface area contributed by atoms with Crippen LogP contribution in [0.25, 0.3) is 21.5 Å². The molecule has 7 aliphatic rings. The van der Waals surface area contributed by atoms with Gasteiger partial charge in [-0.15, -0.1) is 10.2 Å². The average Bonchev–Trinajstić information content (AvgIpc) is 1.62. The lowest BCUT2D eigenvalue weighted by Gasteiger charge is -2.36. The van der Waals surface area contributed by atoms with E-state index in [4.69, 9.17) is 14.6 Å². The third-order valence-electron chi connectivity index (χ3n) is 21.9. The van der Waals surface area contributed by atoms with Crippen molar-refractivity contribution in [3.63, 3.8) is 0 Å². The monoisotopic (exact) mass is 1530 g/mol. The molecule has 14 rings (SSSR count). The minimum atomic E-state index is -1.18. The first-order valence-electron chi connectivity index (χ1n) is 39.2. The molecule has 0 saturated carbocycles. The summed E-state index contributed by atoms with van der Waals surface area (Å²) in [6, 6.07) is 32.8. The Hall–Kier alpha value is -10.6. The molecule has 7 aliphatic heterocycles. The Balaban J connectivity index is 0.914. The Morgan fingerprint density at radius 3 is 1.75 bits per heavy atom. The van der Waals surface area contributed by atoms with Gasteiger partial charge in [0.15, 0.2) is 5.82 Å². The highest BCUT2D eigenvalue weighted by molar-refractivity contribution is 5.97. The standard InChI is InChI=1S/C85H110N16O11/c1-12-63-40-58-48-101(96-63)65-45-72(100(49-65)82(108)74(85(7,8)9)93-77(103)52(3)87-11)79(105)89-64(39-55-24-30-59-20-13-15-22-61(59)37-55)46-88-70(83(109)110)42-54-26-32-66(33-27-54)111-36-18-17-19-57-44-71(99(47-57)81(107)73(84(4,5)6)92-76(102)51(2)86-10)80(106)91-69(43-56-25-31-60-21-14-16-23-62(60)38-56)78(104)90-68(75-94-97-98-95-75)41-53-28-34-67(35-29-53)112-50-58/h13-16,20-35,37-38,48,51-52,57,64-65,68-74,86-88H,12,17-19,36,39-47,49-50H2,1-11H3,(H,89,105)(H,90,104)(H,91,106)(H,92,102)(H,93,103)(H,109,110)(H,94,95,97,98). The minimum Gasteiger partial charge on any atom is -0.494 e. The van der Waals surface area contributed by atoms with Crippen molar-refractivity contribution in [3.05, 3.63) is 173 Å². The number of nitrogens with one attached hydrogen (secondary N) is 9. The van der Waals surface area contributed by atoms with Crippen molar-refractivity contribution in [1.29, 1.82) is 0 Å². The lowest BCUT2D eigenvalue weighted by Crippen LogP contribution is -2.60. The van der Waals surface area contributed by atoms with E-state index in [0.29, 0.717) is 56.6 Å². The van der Waals surface area contributed by atoms with E-state index in [1.54, 1.807) is 49.9 Å². The molecular formula is C85H110N16O11. The summed E-state index contributed by atoms with van der Waals surface area (Å²) >= 11 is 0. The molecule has 10 N–H and O–H groups in total. The normalized spacial score (nSPS) is 22.6. The van der Waals surface area contributed by atoms with Gasteiger partial charge < -0.3 is 66.9 Å². The molecule has 7 amide bonds. The summed E-state index contributed by atoms with van der Waals surface area (Å²) in [5, 5.41) is 61.6. The maximum atomic E-state index is 15.5. The molecule has 10 bridgehead atoms. The first kappa shape index (κ1) is 82.3. The van der Waals surface area contributed by atoms with Crippen LogP contribution in [0.3, 0.4) is 0 Å². The number of nitrogens with zero attached hydrogens (tertiary/aromatic N) is 7. The maximum absolute atomic E-state index is 15.5. The topological polar surface area (TPSA) is 348 Å². The van der Waals surface area contributed by atoms with Gasteiger partial charge in [0.05, 0.1) is 30.8 Å². The molecule has 0 radical (unpaired) electrons. The van der Waals surface area contributed by atoms with Gasteiger partial charge in [0.2, 0.25) is 41.4 Å². The zero-order valence-electron chi connectivity index (χ0n) is 66.2. The number of fused-ring (bicyclic) bond motifs is 2. The fourth-order valence-corrected chi connectivity index (χ4v) is 15.1. The predicted octanol–water partition coefficient (Wildman–Crippen LogP) is 7.41. The molecule has 27 heteroatoms. The molecule has 6 aromatic carbocycles. The Morgan fingerprint density at radius 2 is 1.19 bits per heavy atom. The van der Waals surface area contributed by atoms with Gasteiger partial charge in [-0.05, 0) is 163 Å². The zero-order chi connectivity index (χ0) is 80.0. The lowest BCUT2D eigenvalue weighted by molar-refractivity contribution is -0.144. The van der Waals surface area contributed by atoms with Crippen molar-refractivity contribution < 1.29 is 52.9 Å². The summed E-state index contributed by atoms with van der Waals surface area (Å²) in [5.41, 5.74) is 3.32. The largest absolute Gasteiger partial charge is 0.494 e. The smallest absolute Gasteiger partial charge is 0.321 e. The minimum absolute atomic E-state index is 0.0374. The molecule has 1 aromatic heterocycles. The number of ether oxygens (including phenoxy) is 2. The van der Waals surface area contributed by atoms with E-state index in [0.717, 1.165) is 55.1 Å². The number of carboxylic acids is 1. The van der Waals surface area contributed by atoms with Gasteiger partial charge in [-0.3, -0.25) is 43.4 Å². The Bertz CT molecular complexity index is 4520. The van der Waals surface area contributed by atoms with Gasteiger partial charge >= 0.3 is 5.97 Å². The summed E-state index contributed by atoms with van der Waals surface area (Å²) in [5.74, 6) is -3.05. The molecule has 12 unspecified atom stereocenters. The van der Waals surface area contributed by atoms with Crippen molar-refractivity contribution in [3.8, 4) is 11.5 Å². The summed E-state index contributed by atoms with van der Waals surface area (Å²) in [7, 11) is 3.33. The molecule has 0 spiro atoms. The quantitative estimate of drug-likeness (QED) is 0.0477. The number of aliphatic carboxylic acids is 1. The van der Waals surface area contributed by atoms with Gasteiger partial charge in [-0.1, -0.05) is 163 Å². The van der Waals surface area contributed by atoms with E-state index in [-0.39, 0.29) is 81.9 Å². The lowest BCUT2D eigenvalue weighted by atomic mass is 9.85. The second-order valence-electron chi connectivity index (χ2n) is 32.5. The summed E-state index contributed by atoms with van der Waals surface area (Å²) in [6.45, 7) is 17.5. The number of hydrazone groups is 1. The third-order valence-corrected chi connectivity index (χ3v) is 21.9. The SMILES string of the molecule is CCC1=NN2C=C(COc3ccc(cc3)CC(c3nn[nH]n3)NC(=O)C(Cc3ccc4ccccc4c3)NC(=O)C3CC(CCCCOc4ccc(cc4)CC(C(=O)O)NCC(Cc4ccc5ccccc5c4)NC(=O)C4CC2CN4C(=O)C(NC(=O)C(C)NC)C(C)(C)C)CN3C(=O)C(NC(=O)C(C)NC)C(C)(C)C)C1. The molecule has 7 aromatic rings. The molecule has 2 fully saturated rings. The number of carboxylic acid groups (broad SMARTS) is 1. The van der Waals surface area contributed by atoms with Crippen LogP contribution in [0, 0.1) is 16.7 Å². The number of likely N-dealkylation sites (tertiary alicyclic amines) is 2. The fraction of sp³-hybridized carbons (Fsp3) is 0.482. The fourth-order valence-electron chi connectivity index (χ4n) is 15.1. The highest BCUT2D eigenvalue weighted by Gasteiger charge is 2.49. The number of aromatic nitrogens is 4. The van der Waals surface area contributed by atoms with Crippen molar-refractivity contribution >= 4 is 74.6 Å². The van der Waals surface area contributed by atoms with Gasteiger partial charge in [-0.2, -0.15) is 10.3 Å². The second kappa shape index (κ2) is 37.1. The van der Waals surface area contributed by atoms with Crippen LogP contribution in [0.15, 0.2) is 150 Å². The number of amides is 7. The average molecular weight is 1530 g/mol. The van der Waals surface area contributed by atoms with Crippen molar-refractivity contribution in [2.24, 2.45) is 21.8 Å². The number of aromatic amines is 1. The first-order chi connectivity index (χ1) is 53.6. The summed E-state index contributed by atoms with van der Waals surface area (Å²) in [6.07, 6.45) is 6.01. The molecule has 2 saturated heterocycles. The Kier molecular flexibility index (Phi) is 27.3. The molecule has 112 heavy (non-hydrogen) atoms. The van der Waals surface area contributed by atoms with Crippen LogP contribution in [-0.4, -0.2) is 201 Å². The molecule has 0 aliphatic carbocycles. The highest BCUT2D eigenvalue weighted by Crippen LogP contribution is 2.35. The van der Waals surface area contributed by atoms with E-state index < -0.39 is 113 Å². The number of benzene rings is 6. The van der Waals surface area contributed by atoms with E-state index in [9.17, 15) is 19.5 Å². The zero-order valence-corrected chi connectivity index (χ0v) is 66.2. The highest BCUT2D eigenvalue weighted by atomic mass is 16.5. The molecule has 27 nitrogen and oxygen atoms in total.